The summed E-state index contributed by atoms with van der Waals surface area (Å²) in [6, 6.07) is 10.6. The van der Waals surface area contributed by atoms with E-state index in [2.05, 4.69) is 36.4 Å². The first-order chi connectivity index (χ1) is 6.83. The molecule has 0 bridgehead atoms. The van der Waals surface area contributed by atoms with Crippen LogP contribution < -0.4 is 0 Å². The first kappa shape index (κ1) is 10.8. The third kappa shape index (κ3) is 4.13. The van der Waals surface area contributed by atoms with Crippen molar-refractivity contribution in [3.63, 3.8) is 0 Å². The van der Waals surface area contributed by atoms with Gasteiger partial charge in [-0.15, -0.1) is 0 Å². The molecular weight excluding hydrogens is 172 g/mol. The number of aryl methyl sites for hydroxylation is 1. The normalized spacial score (nSPS) is 11.4. The van der Waals surface area contributed by atoms with E-state index in [-0.39, 0.29) is 0 Å². The summed E-state index contributed by atoms with van der Waals surface area (Å²) in [4.78, 5) is 0. The molecule has 1 aromatic carbocycles. The lowest BCUT2D eigenvalue weighted by Crippen LogP contribution is -1.84. The van der Waals surface area contributed by atoms with E-state index in [4.69, 9.17) is 4.74 Å². The average molecular weight is 190 g/mol. The Morgan fingerprint density at radius 1 is 1.29 bits per heavy atom. The van der Waals surface area contributed by atoms with Crippen molar-refractivity contribution in [1.29, 1.82) is 0 Å². The van der Waals surface area contributed by atoms with Gasteiger partial charge in [-0.3, -0.25) is 0 Å². The molecule has 1 nitrogen and oxygen atoms in total. The van der Waals surface area contributed by atoms with Gasteiger partial charge in [0.2, 0.25) is 0 Å². The molecule has 1 rings (SSSR count). The van der Waals surface area contributed by atoms with E-state index in [1.165, 1.54) is 12.0 Å². The van der Waals surface area contributed by atoms with Crippen LogP contribution in [0.25, 0.3) is 0 Å². The van der Waals surface area contributed by atoms with E-state index in [1.807, 2.05) is 6.92 Å². The molecule has 0 atom stereocenters. The number of benzene rings is 1. The molecule has 0 amide bonds. The zero-order chi connectivity index (χ0) is 10.2. The molecule has 0 unspecified atom stereocenters. The number of ether oxygens (including phenoxy) is 1. The van der Waals surface area contributed by atoms with Gasteiger partial charge in [0.05, 0.1) is 12.9 Å². The second kappa shape index (κ2) is 6.25. The third-order valence-electron chi connectivity index (χ3n) is 2.27. The fourth-order valence-electron chi connectivity index (χ4n) is 1.34. The predicted molar refractivity (Wildman–Crippen MR) is 60.1 cm³/mol. The zero-order valence-electron chi connectivity index (χ0n) is 8.99. The lowest BCUT2D eigenvalue weighted by molar-refractivity contribution is 0.291. The van der Waals surface area contributed by atoms with Crippen molar-refractivity contribution < 1.29 is 4.74 Å². The Balaban J connectivity index is 2.23. The second-order valence-electron chi connectivity index (χ2n) is 3.40. The minimum atomic E-state index is 1.01. The van der Waals surface area contributed by atoms with Crippen molar-refractivity contribution >= 4 is 0 Å². The fraction of sp³-hybridized carbons (Fsp3) is 0.385. The first-order valence-electron chi connectivity index (χ1n) is 5.07. The van der Waals surface area contributed by atoms with E-state index in [0.29, 0.717) is 0 Å². The average Bonchev–Trinajstić information content (AvgIpc) is 2.25. The first-order valence-corrected chi connectivity index (χ1v) is 5.07. The van der Waals surface area contributed by atoms with Gasteiger partial charge >= 0.3 is 0 Å². The van der Waals surface area contributed by atoms with E-state index >= 15 is 0 Å². The van der Waals surface area contributed by atoms with E-state index < -0.39 is 0 Å². The molecule has 0 aliphatic carbocycles. The van der Waals surface area contributed by atoms with Crippen molar-refractivity contribution in [3.05, 3.63) is 47.7 Å². The predicted octanol–water partition coefficient (Wildman–Crippen LogP) is 3.56. The van der Waals surface area contributed by atoms with Crippen LogP contribution in [0, 0.1) is 0 Å². The van der Waals surface area contributed by atoms with Crippen LogP contribution in [0.5, 0.6) is 0 Å². The molecular formula is C13H18O. The Morgan fingerprint density at radius 3 is 2.64 bits per heavy atom. The van der Waals surface area contributed by atoms with Gasteiger partial charge in [-0.1, -0.05) is 30.3 Å². The number of allylic oxidation sites excluding steroid dienone is 2. The number of hydrogen-bond donors (Lipinski definition) is 0. The largest absolute Gasteiger partial charge is 0.502 e. The van der Waals surface area contributed by atoms with Crippen LogP contribution in [0.15, 0.2) is 42.2 Å². The molecule has 0 fully saturated rings. The summed E-state index contributed by atoms with van der Waals surface area (Å²) in [5, 5.41) is 0. The lowest BCUT2D eigenvalue weighted by atomic mass is 10.1. The Bertz CT molecular complexity index is 275. The molecule has 0 saturated carbocycles. The minimum absolute atomic E-state index is 1.01. The second-order valence-corrected chi connectivity index (χ2v) is 3.40. The monoisotopic (exact) mass is 190 g/mol. The maximum absolute atomic E-state index is 5.06. The summed E-state index contributed by atoms with van der Waals surface area (Å²) in [5.41, 5.74) is 1.41. The molecule has 1 aromatic rings. The highest BCUT2D eigenvalue weighted by Crippen LogP contribution is 2.06. The molecule has 0 N–H and O–H groups in total. The summed E-state index contributed by atoms with van der Waals surface area (Å²) < 4.78 is 5.06. The van der Waals surface area contributed by atoms with Crippen LogP contribution >= 0.6 is 0 Å². The Hall–Kier alpha value is -1.24. The van der Waals surface area contributed by atoms with Gasteiger partial charge in [-0.2, -0.15) is 0 Å². The summed E-state index contributed by atoms with van der Waals surface area (Å²) in [5.74, 6) is 1.01. The molecule has 1 heteroatoms. The summed E-state index contributed by atoms with van der Waals surface area (Å²) in [6.45, 7) is 1.99. The fourth-order valence-corrected chi connectivity index (χ4v) is 1.34. The van der Waals surface area contributed by atoms with Gasteiger partial charge in [-0.05, 0) is 37.8 Å². The molecule has 0 saturated heterocycles. The lowest BCUT2D eigenvalue weighted by Gasteiger charge is -2.00. The SMILES string of the molecule is CO/C(C)=C/CCCc1ccccc1. The van der Waals surface area contributed by atoms with Gasteiger partial charge in [0.25, 0.3) is 0 Å². The number of unbranched alkanes of at least 4 members (excludes halogenated alkanes) is 1. The van der Waals surface area contributed by atoms with E-state index in [0.717, 1.165) is 18.6 Å². The van der Waals surface area contributed by atoms with Crippen LogP contribution in [-0.4, -0.2) is 7.11 Å². The maximum atomic E-state index is 5.06. The molecule has 14 heavy (non-hydrogen) atoms. The Labute approximate surface area is 86.4 Å². The van der Waals surface area contributed by atoms with Gasteiger partial charge < -0.3 is 4.74 Å². The minimum Gasteiger partial charge on any atom is -0.502 e. The van der Waals surface area contributed by atoms with Gasteiger partial charge in [0.1, 0.15) is 0 Å². The summed E-state index contributed by atoms with van der Waals surface area (Å²) >= 11 is 0. The summed E-state index contributed by atoms with van der Waals surface area (Å²) in [7, 11) is 1.71. The topological polar surface area (TPSA) is 9.23 Å². The van der Waals surface area contributed by atoms with Crippen LogP contribution in [0.2, 0.25) is 0 Å². The van der Waals surface area contributed by atoms with Crippen molar-refractivity contribution in [2.45, 2.75) is 26.2 Å². The molecule has 0 aliphatic rings. The highest BCUT2D eigenvalue weighted by molar-refractivity contribution is 5.14. The summed E-state index contributed by atoms with van der Waals surface area (Å²) in [6.07, 6.45) is 5.57. The van der Waals surface area contributed by atoms with E-state index in [1.54, 1.807) is 7.11 Å². The van der Waals surface area contributed by atoms with Gasteiger partial charge in [-0.25, -0.2) is 0 Å². The highest BCUT2D eigenvalue weighted by atomic mass is 16.5. The smallest absolute Gasteiger partial charge is 0.0884 e. The molecule has 0 radical (unpaired) electrons. The van der Waals surface area contributed by atoms with Gasteiger partial charge in [0.15, 0.2) is 0 Å². The molecule has 76 valence electrons. The maximum Gasteiger partial charge on any atom is 0.0884 e. The third-order valence-corrected chi connectivity index (χ3v) is 2.27. The molecule has 0 aromatic heterocycles. The van der Waals surface area contributed by atoms with Crippen molar-refractivity contribution in [1.82, 2.24) is 0 Å². The van der Waals surface area contributed by atoms with Crippen molar-refractivity contribution in [3.8, 4) is 0 Å². The van der Waals surface area contributed by atoms with Crippen molar-refractivity contribution in [2.24, 2.45) is 0 Å². The quantitative estimate of drug-likeness (QED) is 0.509. The van der Waals surface area contributed by atoms with Crippen molar-refractivity contribution in [2.75, 3.05) is 7.11 Å². The van der Waals surface area contributed by atoms with Gasteiger partial charge in [0, 0.05) is 0 Å². The van der Waals surface area contributed by atoms with Crippen LogP contribution in [0.3, 0.4) is 0 Å². The van der Waals surface area contributed by atoms with Crippen LogP contribution in [-0.2, 0) is 11.2 Å². The Morgan fingerprint density at radius 2 is 2.00 bits per heavy atom. The molecule has 0 heterocycles. The highest BCUT2D eigenvalue weighted by Gasteiger charge is 1.91. The Kier molecular flexibility index (Phi) is 4.84. The number of hydrogen-bond acceptors (Lipinski definition) is 1. The van der Waals surface area contributed by atoms with Crippen LogP contribution in [0.1, 0.15) is 25.3 Å². The number of methoxy groups -OCH3 is 1. The zero-order valence-corrected chi connectivity index (χ0v) is 8.99. The standard InChI is InChI=1S/C13H18O/c1-12(14-2)8-6-7-11-13-9-4-3-5-10-13/h3-5,8-10H,6-7,11H2,1-2H3/b12-8+. The number of rotatable bonds is 5. The van der Waals surface area contributed by atoms with Crippen LogP contribution in [0.4, 0.5) is 0 Å². The van der Waals surface area contributed by atoms with E-state index in [9.17, 15) is 0 Å². The molecule has 0 spiro atoms. The molecule has 0 aliphatic heterocycles.